The monoisotopic (exact) mass is 439 g/mol. The van der Waals surface area contributed by atoms with Crippen LogP contribution in [-0.2, 0) is 16.0 Å². The second-order valence-corrected chi connectivity index (χ2v) is 8.22. The number of esters is 1. The van der Waals surface area contributed by atoms with Crippen LogP contribution in [0.3, 0.4) is 0 Å². The zero-order valence-electron chi connectivity index (χ0n) is 17.8. The Balaban J connectivity index is 1.31. The van der Waals surface area contributed by atoms with Gasteiger partial charge in [-0.05, 0) is 36.5 Å². The van der Waals surface area contributed by atoms with Crippen molar-refractivity contribution in [3.8, 4) is 0 Å². The van der Waals surface area contributed by atoms with Crippen LogP contribution in [0.5, 0.6) is 0 Å². The van der Waals surface area contributed by atoms with E-state index in [2.05, 4.69) is 11.4 Å². The number of ketones is 2. The van der Waals surface area contributed by atoms with Crippen molar-refractivity contribution in [1.82, 2.24) is 5.32 Å². The molecule has 1 amide bonds. The summed E-state index contributed by atoms with van der Waals surface area (Å²) in [7, 11) is 0. The van der Waals surface area contributed by atoms with E-state index >= 15 is 0 Å². The van der Waals surface area contributed by atoms with Crippen molar-refractivity contribution >= 4 is 23.4 Å². The lowest BCUT2D eigenvalue weighted by molar-refractivity contribution is -0.125. The fraction of sp³-hybridized carbons (Fsp3) is 0.185. The number of hydrogen-bond acceptors (Lipinski definition) is 5. The lowest BCUT2D eigenvalue weighted by Gasteiger charge is -2.26. The summed E-state index contributed by atoms with van der Waals surface area (Å²) in [4.78, 5) is 51.2. The lowest BCUT2D eigenvalue weighted by atomic mass is 9.82. The number of amides is 1. The average molecular weight is 439 g/mol. The van der Waals surface area contributed by atoms with Crippen molar-refractivity contribution in [2.45, 2.75) is 25.3 Å². The van der Waals surface area contributed by atoms with E-state index in [9.17, 15) is 19.2 Å². The van der Waals surface area contributed by atoms with Crippen LogP contribution in [0, 0.1) is 0 Å². The van der Waals surface area contributed by atoms with Crippen molar-refractivity contribution in [2.24, 2.45) is 0 Å². The van der Waals surface area contributed by atoms with Gasteiger partial charge >= 0.3 is 5.97 Å². The summed E-state index contributed by atoms with van der Waals surface area (Å²) in [6.45, 7) is -0.472. The van der Waals surface area contributed by atoms with Crippen LogP contribution in [0.4, 0.5) is 0 Å². The highest BCUT2D eigenvalue weighted by Crippen LogP contribution is 2.31. The van der Waals surface area contributed by atoms with Gasteiger partial charge in [-0.1, -0.05) is 60.7 Å². The smallest absolute Gasteiger partial charge is 0.339 e. The quantitative estimate of drug-likeness (QED) is 0.489. The summed E-state index contributed by atoms with van der Waals surface area (Å²) in [6, 6.07) is 18.9. The molecule has 2 aliphatic carbocycles. The number of benzene rings is 3. The van der Waals surface area contributed by atoms with E-state index in [1.165, 1.54) is 23.8 Å². The number of nitrogens with one attached hydrogen (secondary N) is 1. The number of carbonyl (C=O) groups excluding carboxylic acids is 4. The number of fused-ring (bicyclic) bond motifs is 3. The Bertz CT molecular complexity index is 1310. The minimum absolute atomic E-state index is 0.0174. The summed E-state index contributed by atoms with van der Waals surface area (Å²) in [5.41, 5.74) is 3.03. The first-order valence-corrected chi connectivity index (χ1v) is 10.9. The standard InChI is InChI=1S/C27H21NO5/c29-23(28-22-14-5-8-16-7-1-2-9-17(16)22)15-33-27(32)21-13-6-12-20-24(21)26(31)19-11-4-3-10-18(19)25(20)30/h1-4,6-7,9-13,22H,5,8,14-15H2,(H,28,29)/t22-/m1/s1. The molecule has 0 fully saturated rings. The predicted octanol–water partition coefficient (Wildman–Crippen LogP) is 3.81. The maximum Gasteiger partial charge on any atom is 0.339 e. The van der Waals surface area contributed by atoms with Gasteiger partial charge in [0.05, 0.1) is 11.6 Å². The molecule has 0 bridgehead atoms. The number of carbonyl (C=O) groups is 4. The Morgan fingerprint density at radius 1 is 0.848 bits per heavy atom. The molecule has 0 aromatic heterocycles. The molecule has 0 saturated carbocycles. The molecule has 5 rings (SSSR count). The normalized spacial score (nSPS) is 16.3. The molecule has 0 aliphatic heterocycles. The van der Waals surface area contributed by atoms with E-state index in [1.54, 1.807) is 24.3 Å². The fourth-order valence-electron chi connectivity index (χ4n) is 4.66. The van der Waals surface area contributed by atoms with Gasteiger partial charge in [0, 0.05) is 22.3 Å². The summed E-state index contributed by atoms with van der Waals surface area (Å²) in [6.07, 6.45) is 2.76. The van der Waals surface area contributed by atoms with E-state index in [4.69, 9.17) is 4.74 Å². The molecule has 3 aromatic carbocycles. The minimum atomic E-state index is -0.813. The van der Waals surface area contributed by atoms with Crippen LogP contribution < -0.4 is 5.32 Å². The highest BCUT2D eigenvalue weighted by atomic mass is 16.5. The Kier molecular flexibility index (Phi) is 5.34. The van der Waals surface area contributed by atoms with E-state index in [-0.39, 0.29) is 34.1 Å². The van der Waals surface area contributed by atoms with Gasteiger partial charge in [0.15, 0.2) is 18.2 Å². The summed E-state index contributed by atoms with van der Waals surface area (Å²) in [5, 5.41) is 2.94. The second-order valence-electron chi connectivity index (χ2n) is 8.22. The summed E-state index contributed by atoms with van der Waals surface area (Å²) in [5.74, 6) is -1.95. The van der Waals surface area contributed by atoms with Gasteiger partial charge in [-0.3, -0.25) is 14.4 Å². The van der Waals surface area contributed by atoms with Gasteiger partial charge in [0.2, 0.25) is 0 Å². The number of rotatable bonds is 4. The van der Waals surface area contributed by atoms with Gasteiger partial charge in [-0.15, -0.1) is 0 Å². The SMILES string of the molecule is O=C(COC(=O)c1cccc2c1C(=O)c1ccccc1C2=O)N[C@@H]1CCCc2ccccc21. The molecule has 0 saturated heterocycles. The van der Waals surface area contributed by atoms with Crippen molar-refractivity contribution < 1.29 is 23.9 Å². The molecular weight excluding hydrogens is 418 g/mol. The van der Waals surface area contributed by atoms with Gasteiger partial charge in [-0.25, -0.2) is 4.79 Å². The highest BCUT2D eigenvalue weighted by molar-refractivity contribution is 6.30. The molecule has 1 atom stereocenters. The Labute approximate surface area is 190 Å². The molecule has 164 valence electrons. The zero-order valence-corrected chi connectivity index (χ0v) is 17.8. The maximum absolute atomic E-state index is 13.1. The molecule has 0 heterocycles. The molecule has 33 heavy (non-hydrogen) atoms. The van der Waals surface area contributed by atoms with E-state index in [1.807, 2.05) is 18.2 Å². The number of aryl methyl sites for hydroxylation is 1. The Morgan fingerprint density at radius 3 is 2.36 bits per heavy atom. The first kappa shape index (κ1) is 20.8. The second kappa shape index (κ2) is 8.47. The molecule has 0 radical (unpaired) electrons. The molecule has 0 spiro atoms. The van der Waals surface area contributed by atoms with Gasteiger partial charge < -0.3 is 10.1 Å². The first-order valence-electron chi connectivity index (χ1n) is 10.9. The maximum atomic E-state index is 13.1. The first-order chi connectivity index (χ1) is 16.0. The third kappa shape index (κ3) is 3.74. The zero-order chi connectivity index (χ0) is 22.9. The van der Waals surface area contributed by atoms with Gasteiger partial charge in [0.25, 0.3) is 5.91 Å². The summed E-state index contributed by atoms with van der Waals surface area (Å²) < 4.78 is 5.24. The minimum Gasteiger partial charge on any atom is -0.452 e. The van der Waals surface area contributed by atoms with Crippen molar-refractivity contribution in [2.75, 3.05) is 6.61 Å². The predicted molar refractivity (Wildman–Crippen MR) is 120 cm³/mol. The Hall–Kier alpha value is -4.06. The van der Waals surface area contributed by atoms with Crippen LogP contribution in [0.1, 0.15) is 72.2 Å². The lowest BCUT2D eigenvalue weighted by Crippen LogP contribution is -2.34. The highest BCUT2D eigenvalue weighted by Gasteiger charge is 2.33. The third-order valence-electron chi connectivity index (χ3n) is 6.21. The number of ether oxygens (including phenoxy) is 1. The molecule has 0 unspecified atom stereocenters. The molecular formula is C27H21NO5. The van der Waals surface area contributed by atoms with E-state index in [0.717, 1.165) is 24.8 Å². The van der Waals surface area contributed by atoms with Gasteiger partial charge in [-0.2, -0.15) is 0 Å². The largest absolute Gasteiger partial charge is 0.452 e. The average Bonchev–Trinajstić information content (AvgIpc) is 2.85. The van der Waals surface area contributed by atoms with E-state index < -0.39 is 24.3 Å². The van der Waals surface area contributed by atoms with Crippen LogP contribution in [0.2, 0.25) is 0 Å². The molecule has 1 N–H and O–H groups in total. The molecule has 2 aliphatic rings. The Morgan fingerprint density at radius 2 is 1.55 bits per heavy atom. The molecule has 6 heteroatoms. The third-order valence-corrected chi connectivity index (χ3v) is 6.21. The van der Waals surface area contributed by atoms with Crippen LogP contribution >= 0.6 is 0 Å². The van der Waals surface area contributed by atoms with Crippen molar-refractivity contribution in [1.29, 1.82) is 0 Å². The van der Waals surface area contributed by atoms with Crippen molar-refractivity contribution in [3.63, 3.8) is 0 Å². The van der Waals surface area contributed by atoms with Crippen LogP contribution in [0.25, 0.3) is 0 Å². The van der Waals surface area contributed by atoms with Crippen molar-refractivity contribution in [3.05, 3.63) is 106 Å². The van der Waals surface area contributed by atoms with E-state index in [0.29, 0.717) is 5.56 Å². The molecule has 3 aromatic rings. The fourth-order valence-corrected chi connectivity index (χ4v) is 4.66. The van der Waals surface area contributed by atoms with Crippen LogP contribution in [0.15, 0.2) is 66.7 Å². The van der Waals surface area contributed by atoms with Crippen LogP contribution in [-0.4, -0.2) is 30.0 Å². The topological polar surface area (TPSA) is 89.5 Å². The number of hydrogen-bond donors (Lipinski definition) is 1. The van der Waals surface area contributed by atoms with Gasteiger partial charge in [0.1, 0.15) is 0 Å². The summed E-state index contributed by atoms with van der Waals surface area (Å²) >= 11 is 0. The molecule has 6 nitrogen and oxygen atoms in total.